The molecule has 0 saturated heterocycles. The third-order valence-electron chi connectivity index (χ3n) is 4.36. The van der Waals surface area contributed by atoms with Crippen LogP contribution in [0.5, 0.6) is 0 Å². The van der Waals surface area contributed by atoms with Crippen molar-refractivity contribution in [2.75, 3.05) is 6.26 Å². The maximum Gasteiger partial charge on any atom is 0.175 e. The number of fused-ring (bicyclic) bond motifs is 1. The number of aromatic amines is 1. The fraction of sp³-hybridized carbons (Fsp3) is 0.294. The first-order chi connectivity index (χ1) is 11.5. The molecular weight excluding hydrogens is 329 g/mol. The summed E-state index contributed by atoms with van der Waals surface area (Å²) in [6.45, 7) is -0.840. The lowest BCUT2D eigenvalue weighted by atomic mass is 10.0. The van der Waals surface area contributed by atoms with Crippen molar-refractivity contribution in [2.45, 2.75) is 30.3 Å². The number of rotatable bonds is 4. The number of nitrogens with zero attached hydrogens (tertiary/aromatic N) is 2. The summed E-state index contributed by atoms with van der Waals surface area (Å²) in [5.74, 6) is 0.467. The van der Waals surface area contributed by atoms with Crippen molar-refractivity contribution in [1.29, 1.82) is 0 Å². The summed E-state index contributed by atoms with van der Waals surface area (Å²) in [5.41, 5.74) is 3.44. The van der Waals surface area contributed by atoms with Gasteiger partial charge in [-0.15, -0.1) is 0 Å². The second-order valence-electron chi connectivity index (χ2n) is 6.19. The Labute approximate surface area is 138 Å². The molecule has 0 bridgehead atoms. The molecule has 0 radical (unpaired) electrons. The molecule has 0 unspecified atom stereocenters. The van der Waals surface area contributed by atoms with Crippen LogP contribution in [-0.2, 0) is 16.5 Å². The lowest BCUT2D eigenvalue weighted by Gasteiger charge is -2.09. The SMILES string of the molecule is CS(=O)(=O)c1ccc(-c2nccc3n[nH]c(C4CC4)c23)cc1CF. The molecule has 4 rings (SSSR count). The minimum absolute atomic E-state index is 0.0236. The Morgan fingerprint density at radius 1 is 1.29 bits per heavy atom. The highest BCUT2D eigenvalue weighted by Gasteiger charge is 2.29. The van der Waals surface area contributed by atoms with E-state index in [1.165, 1.54) is 6.07 Å². The predicted octanol–water partition coefficient (Wildman–Crippen LogP) is 3.38. The van der Waals surface area contributed by atoms with E-state index < -0.39 is 16.5 Å². The van der Waals surface area contributed by atoms with Gasteiger partial charge in [-0.25, -0.2) is 12.8 Å². The summed E-state index contributed by atoms with van der Waals surface area (Å²) in [7, 11) is -3.47. The molecular formula is C17H16FN3O2S. The standard InChI is InChI=1S/C17H16FN3O2S/c1-24(22,23)14-5-4-11(8-12(14)9-18)16-15-13(6-7-19-16)20-21-17(15)10-2-3-10/h4-8,10H,2-3,9H2,1H3,(H,20,21). The smallest absolute Gasteiger partial charge is 0.175 e. The molecule has 1 aromatic carbocycles. The molecule has 7 heteroatoms. The van der Waals surface area contributed by atoms with Gasteiger partial charge in [-0.1, -0.05) is 6.07 Å². The van der Waals surface area contributed by atoms with E-state index in [0.29, 0.717) is 17.2 Å². The topological polar surface area (TPSA) is 75.7 Å². The molecule has 2 aromatic heterocycles. The maximum absolute atomic E-state index is 13.4. The highest BCUT2D eigenvalue weighted by molar-refractivity contribution is 7.90. The van der Waals surface area contributed by atoms with Gasteiger partial charge < -0.3 is 0 Å². The van der Waals surface area contributed by atoms with Gasteiger partial charge >= 0.3 is 0 Å². The number of halogens is 1. The number of hydrogen-bond donors (Lipinski definition) is 1. The lowest BCUT2D eigenvalue weighted by Crippen LogP contribution is -2.02. The van der Waals surface area contributed by atoms with Crippen molar-refractivity contribution in [3.8, 4) is 11.3 Å². The van der Waals surface area contributed by atoms with Crippen LogP contribution in [-0.4, -0.2) is 29.9 Å². The van der Waals surface area contributed by atoms with Crippen molar-refractivity contribution >= 4 is 20.7 Å². The van der Waals surface area contributed by atoms with Crippen LogP contribution >= 0.6 is 0 Å². The van der Waals surface area contributed by atoms with E-state index in [-0.39, 0.29) is 10.5 Å². The summed E-state index contributed by atoms with van der Waals surface area (Å²) in [4.78, 5) is 4.48. The second-order valence-corrected chi connectivity index (χ2v) is 8.18. The summed E-state index contributed by atoms with van der Waals surface area (Å²) in [6, 6.07) is 6.54. The number of nitrogens with one attached hydrogen (secondary N) is 1. The summed E-state index contributed by atoms with van der Waals surface area (Å²) >= 11 is 0. The average molecular weight is 345 g/mol. The molecule has 0 spiro atoms. The molecule has 1 aliphatic carbocycles. The molecule has 1 aliphatic rings. The Bertz CT molecular complexity index is 1040. The fourth-order valence-electron chi connectivity index (χ4n) is 3.07. The molecule has 2 heterocycles. The third kappa shape index (κ3) is 2.49. The number of benzene rings is 1. The summed E-state index contributed by atoms with van der Waals surface area (Å²) in [5, 5.41) is 8.36. The number of hydrogen-bond acceptors (Lipinski definition) is 4. The van der Waals surface area contributed by atoms with Gasteiger partial charge in [0, 0.05) is 40.6 Å². The van der Waals surface area contributed by atoms with Gasteiger partial charge in [-0.05, 0) is 31.0 Å². The van der Waals surface area contributed by atoms with Gasteiger partial charge in [0.1, 0.15) is 6.67 Å². The fourth-order valence-corrected chi connectivity index (χ4v) is 3.97. The predicted molar refractivity (Wildman–Crippen MR) is 89.2 cm³/mol. The molecule has 0 atom stereocenters. The molecule has 1 fully saturated rings. The summed E-state index contributed by atoms with van der Waals surface area (Å²) in [6.07, 6.45) is 4.99. The van der Waals surface area contributed by atoms with Crippen molar-refractivity contribution in [3.63, 3.8) is 0 Å². The second kappa shape index (κ2) is 5.37. The first kappa shape index (κ1) is 15.3. The average Bonchev–Trinajstić information content (AvgIpc) is 3.32. The van der Waals surface area contributed by atoms with Crippen LogP contribution in [0.4, 0.5) is 4.39 Å². The van der Waals surface area contributed by atoms with Crippen molar-refractivity contribution < 1.29 is 12.8 Å². The Morgan fingerprint density at radius 2 is 2.08 bits per heavy atom. The first-order valence-electron chi connectivity index (χ1n) is 7.71. The van der Waals surface area contributed by atoms with E-state index in [0.717, 1.165) is 35.7 Å². The molecule has 3 aromatic rings. The molecule has 1 saturated carbocycles. The van der Waals surface area contributed by atoms with Crippen molar-refractivity contribution in [1.82, 2.24) is 15.2 Å². The Kier molecular flexibility index (Phi) is 3.42. The highest BCUT2D eigenvalue weighted by atomic mass is 32.2. The van der Waals surface area contributed by atoms with Gasteiger partial charge in [0.2, 0.25) is 0 Å². The van der Waals surface area contributed by atoms with Gasteiger partial charge in [0.25, 0.3) is 0 Å². The van der Waals surface area contributed by atoms with Crippen molar-refractivity contribution in [2.24, 2.45) is 0 Å². The Balaban J connectivity index is 1.93. The number of H-pyrrole nitrogens is 1. The lowest BCUT2D eigenvalue weighted by molar-refractivity contribution is 0.478. The summed E-state index contributed by atoms with van der Waals surface area (Å²) < 4.78 is 37.0. The van der Waals surface area contributed by atoms with E-state index in [2.05, 4.69) is 15.2 Å². The number of pyridine rings is 1. The quantitative estimate of drug-likeness (QED) is 0.786. The van der Waals surface area contributed by atoms with Crippen LogP contribution in [0.3, 0.4) is 0 Å². The minimum atomic E-state index is -3.47. The number of aromatic nitrogens is 3. The van der Waals surface area contributed by atoms with E-state index in [1.54, 1.807) is 18.3 Å². The zero-order valence-electron chi connectivity index (χ0n) is 13.1. The van der Waals surface area contributed by atoms with Gasteiger partial charge in [-0.3, -0.25) is 10.1 Å². The molecule has 1 N–H and O–H groups in total. The number of alkyl halides is 1. The van der Waals surface area contributed by atoms with E-state index in [9.17, 15) is 12.8 Å². The van der Waals surface area contributed by atoms with Gasteiger partial charge in [0.05, 0.1) is 16.1 Å². The van der Waals surface area contributed by atoms with E-state index in [4.69, 9.17) is 0 Å². The van der Waals surface area contributed by atoms with E-state index in [1.807, 2.05) is 6.07 Å². The molecule has 0 amide bonds. The first-order valence-corrected chi connectivity index (χ1v) is 9.60. The Morgan fingerprint density at radius 3 is 2.75 bits per heavy atom. The van der Waals surface area contributed by atoms with Crippen LogP contribution in [0, 0.1) is 0 Å². The maximum atomic E-state index is 13.4. The zero-order chi connectivity index (χ0) is 16.9. The van der Waals surface area contributed by atoms with Crippen LogP contribution in [0.1, 0.15) is 30.0 Å². The van der Waals surface area contributed by atoms with Crippen LogP contribution in [0.15, 0.2) is 35.4 Å². The monoisotopic (exact) mass is 345 g/mol. The van der Waals surface area contributed by atoms with Gasteiger partial charge in [-0.2, -0.15) is 5.10 Å². The van der Waals surface area contributed by atoms with Crippen LogP contribution < -0.4 is 0 Å². The van der Waals surface area contributed by atoms with Crippen LogP contribution in [0.25, 0.3) is 22.2 Å². The third-order valence-corrected chi connectivity index (χ3v) is 5.56. The zero-order valence-corrected chi connectivity index (χ0v) is 13.9. The van der Waals surface area contributed by atoms with Crippen molar-refractivity contribution in [3.05, 3.63) is 41.7 Å². The molecule has 24 heavy (non-hydrogen) atoms. The van der Waals surface area contributed by atoms with E-state index >= 15 is 0 Å². The molecule has 0 aliphatic heterocycles. The van der Waals surface area contributed by atoms with Gasteiger partial charge in [0.15, 0.2) is 9.84 Å². The highest BCUT2D eigenvalue weighted by Crippen LogP contribution is 2.44. The minimum Gasteiger partial charge on any atom is -0.281 e. The molecule has 124 valence electrons. The number of sulfone groups is 1. The normalized spacial score (nSPS) is 15.1. The molecule has 5 nitrogen and oxygen atoms in total. The Hall–Kier alpha value is -2.28. The largest absolute Gasteiger partial charge is 0.281 e. The van der Waals surface area contributed by atoms with Crippen LogP contribution in [0.2, 0.25) is 0 Å².